The van der Waals surface area contributed by atoms with Gasteiger partial charge in [0.05, 0.1) is 18.7 Å². The van der Waals surface area contributed by atoms with Crippen LogP contribution in [0.2, 0.25) is 0 Å². The molecule has 28 heavy (non-hydrogen) atoms. The van der Waals surface area contributed by atoms with E-state index in [1.807, 2.05) is 48.5 Å². The average Bonchev–Trinajstić information content (AvgIpc) is 3.38. The largest absolute Gasteiger partial charge is 0.495 e. The van der Waals surface area contributed by atoms with Crippen molar-refractivity contribution in [3.8, 4) is 5.75 Å². The zero-order valence-corrected chi connectivity index (χ0v) is 16.1. The average molecular weight is 379 g/mol. The molecule has 0 bridgehead atoms. The zero-order chi connectivity index (χ0) is 19.5. The van der Waals surface area contributed by atoms with Crippen molar-refractivity contribution >= 4 is 28.9 Å². The van der Waals surface area contributed by atoms with Crippen molar-refractivity contribution < 1.29 is 14.3 Å². The van der Waals surface area contributed by atoms with Crippen LogP contribution in [0.4, 0.5) is 17.1 Å². The van der Waals surface area contributed by atoms with Gasteiger partial charge in [-0.1, -0.05) is 12.1 Å². The van der Waals surface area contributed by atoms with E-state index in [0.717, 1.165) is 18.8 Å². The van der Waals surface area contributed by atoms with E-state index >= 15 is 0 Å². The molecule has 1 atom stereocenters. The van der Waals surface area contributed by atoms with Gasteiger partial charge in [-0.3, -0.25) is 9.59 Å². The van der Waals surface area contributed by atoms with E-state index in [1.165, 1.54) is 18.5 Å². The molecule has 4 rings (SSSR count). The van der Waals surface area contributed by atoms with E-state index in [2.05, 4.69) is 10.2 Å². The first-order valence-electron chi connectivity index (χ1n) is 9.75. The van der Waals surface area contributed by atoms with Crippen LogP contribution in [0.1, 0.15) is 19.3 Å². The fourth-order valence-corrected chi connectivity index (χ4v) is 3.94. The monoisotopic (exact) mass is 379 g/mol. The minimum atomic E-state index is -0.379. The van der Waals surface area contributed by atoms with E-state index in [-0.39, 0.29) is 24.2 Å². The van der Waals surface area contributed by atoms with E-state index in [1.54, 1.807) is 12.0 Å². The number of amides is 2. The van der Waals surface area contributed by atoms with Gasteiger partial charge in [0.15, 0.2) is 0 Å². The maximum atomic E-state index is 12.7. The SMILES string of the molecule is COc1ccccc1N1CC(C(=O)Nc2ccc(N3CCCC3)cc2)CC1=O. The van der Waals surface area contributed by atoms with Crippen molar-refractivity contribution in [1.82, 2.24) is 0 Å². The molecule has 0 saturated carbocycles. The molecule has 0 radical (unpaired) electrons. The first kappa shape index (κ1) is 18.3. The number of ether oxygens (including phenoxy) is 1. The van der Waals surface area contributed by atoms with Crippen molar-refractivity contribution in [2.24, 2.45) is 5.92 Å². The molecule has 6 heteroatoms. The van der Waals surface area contributed by atoms with Crippen molar-refractivity contribution in [3.63, 3.8) is 0 Å². The Labute approximate surface area is 165 Å². The Morgan fingerprint density at radius 3 is 2.50 bits per heavy atom. The molecule has 2 aromatic carbocycles. The number of carbonyl (C=O) groups is 2. The number of rotatable bonds is 5. The molecule has 2 saturated heterocycles. The summed E-state index contributed by atoms with van der Waals surface area (Å²) in [6.07, 6.45) is 2.67. The second-order valence-electron chi connectivity index (χ2n) is 7.31. The number of benzene rings is 2. The van der Waals surface area contributed by atoms with Gasteiger partial charge in [-0.15, -0.1) is 0 Å². The third-order valence-corrected chi connectivity index (χ3v) is 5.48. The van der Waals surface area contributed by atoms with Crippen LogP contribution < -0.4 is 19.9 Å². The molecular formula is C22H25N3O3. The molecule has 2 aliphatic heterocycles. The lowest BCUT2D eigenvalue weighted by atomic mass is 10.1. The van der Waals surface area contributed by atoms with Crippen LogP contribution in [0.3, 0.4) is 0 Å². The molecule has 1 N–H and O–H groups in total. The lowest BCUT2D eigenvalue weighted by molar-refractivity contribution is -0.122. The predicted molar refractivity (Wildman–Crippen MR) is 110 cm³/mol. The van der Waals surface area contributed by atoms with E-state index < -0.39 is 0 Å². The Bertz CT molecular complexity index is 860. The first-order chi connectivity index (χ1) is 13.7. The summed E-state index contributed by atoms with van der Waals surface area (Å²) < 4.78 is 5.35. The highest BCUT2D eigenvalue weighted by Crippen LogP contribution is 2.33. The van der Waals surface area contributed by atoms with Crippen molar-refractivity contribution in [2.75, 3.05) is 41.9 Å². The predicted octanol–water partition coefficient (Wildman–Crippen LogP) is 3.29. The third-order valence-electron chi connectivity index (χ3n) is 5.48. The second-order valence-corrected chi connectivity index (χ2v) is 7.31. The van der Waals surface area contributed by atoms with E-state index in [4.69, 9.17) is 4.74 Å². The highest BCUT2D eigenvalue weighted by Gasteiger charge is 2.36. The Hall–Kier alpha value is -3.02. The third kappa shape index (κ3) is 3.67. The van der Waals surface area contributed by atoms with Gasteiger partial charge in [0.2, 0.25) is 11.8 Å². The van der Waals surface area contributed by atoms with Gasteiger partial charge < -0.3 is 19.9 Å². The quantitative estimate of drug-likeness (QED) is 0.866. The number of para-hydroxylation sites is 2. The number of nitrogens with zero attached hydrogens (tertiary/aromatic N) is 2. The van der Waals surface area contributed by atoms with Crippen molar-refractivity contribution in [1.29, 1.82) is 0 Å². The number of methoxy groups -OCH3 is 1. The van der Waals surface area contributed by atoms with Crippen LogP contribution in [0.5, 0.6) is 5.75 Å². The van der Waals surface area contributed by atoms with Gasteiger partial charge in [-0.2, -0.15) is 0 Å². The standard InChI is InChI=1S/C22H25N3O3/c1-28-20-7-3-2-6-19(20)25-15-16(14-21(25)26)22(27)23-17-8-10-18(11-9-17)24-12-4-5-13-24/h2-3,6-11,16H,4-5,12-15H2,1H3,(H,23,27). The lowest BCUT2D eigenvalue weighted by Gasteiger charge is -2.19. The summed E-state index contributed by atoms with van der Waals surface area (Å²) in [5, 5.41) is 2.96. The lowest BCUT2D eigenvalue weighted by Crippen LogP contribution is -2.28. The molecular weight excluding hydrogens is 354 g/mol. The molecule has 2 aromatic rings. The summed E-state index contributed by atoms with van der Waals surface area (Å²) in [5.74, 6) is 0.0683. The first-order valence-corrected chi connectivity index (χ1v) is 9.75. The van der Waals surface area contributed by atoms with Gasteiger partial charge in [-0.25, -0.2) is 0 Å². The maximum absolute atomic E-state index is 12.7. The van der Waals surface area contributed by atoms with E-state index in [9.17, 15) is 9.59 Å². The number of anilines is 3. The van der Waals surface area contributed by atoms with Gasteiger partial charge in [0.25, 0.3) is 0 Å². The molecule has 0 aliphatic carbocycles. The summed E-state index contributed by atoms with van der Waals surface area (Å²) in [4.78, 5) is 29.2. The molecule has 2 aliphatic rings. The highest BCUT2D eigenvalue weighted by molar-refractivity contribution is 6.04. The molecule has 0 spiro atoms. The Morgan fingerprint density at radius 2 is 1.79 bits per heavy atom. The fraction of sp³-hybridized carbons (Fsp3) is 0.364. The van der Waals surface area contributed by atoms with Crippen LogP contribution in [0.25, 0.3) is 0 Å². The van der Waals surface area contributed by atoms with Crippen LogP contribution in [0.15, 0.2) is 48.5 Å². The molecule has 0 aromatic heterocycles. The van der Waals surface area contributed by atoms with E-state index in [0.29, 0.717) is 18.0 Å². The number of hydrogen-bond donors (Lipinski definition) is 1. The van der Waals surface area contributed by atoms with Crippen LogP contribution in [-0.4, -0.2) is 38.6 Å². The number of carbonyl (C=O) groups excluding carboxylic acids is 2. The minimum absolute atomic E-state index is 0.0611. The van der Waals surface area contributed by atoms with Gasteiger partial charge in [0, 0.05) is 37.4 Å². The molecule has 2 fully saturated rings. The molecule has 2 amide bonds. The number of hydrogen-bond acceptors (Lipinski definition) is 4. The summed E-state index contributed by atoms with van der Waals surface area (Å²) in [6, 6.07) is 15.3. The van der Waals surface area contributed by atoms with Crippen LogP contribution in [-0.2, 0) is 9.59 Å². The summed E-state index contributed by atoms with van der Waals surface area (Å²) in [5.41, 5.74) is 2.66. The molecule has 2 heterocycles. The van der Waals surface area contributed by atoms with Crippen LogP contribution in [0, 0.1) is 5.92 Å². The van der Waals surface area contributed by atoms with Crippen molar-refractivity contribution in [3.05, 3.63) is 48.5 Å². The highest BCUT2D eigenvalue weighted by atomic mass is 16.5. The summed E-state index contributed by atoms with van der Waals surface area (Å²) in [6.45, 7) is 2.54. The summed E-state index contributed by atoms with van der Waals surface area (Å²) in [7, 11) is 1.58. The topological polar surface area (TPSA) is 61.9 Å². The fourth-order valence-electron chi connectivity index (χ4n) is 3.94. The Kier molecular flexibility index (Phi) is 5.19. The summed E-state index contributed by atoms with van der Waals surface area (Å²) >= 11 is 0. The maximum Gasteiger partial charge on any atom is 0.229 e. The minimum Gasteiger partial charge on any atom is -0.495 e. The smallest absolute Gasteiger partial charge is 0.229 e. The van der Waals surface area contributed by atoms with Crippen molar-refractivity contribution in [2.45, 2.75) is 19.3 Å². The Morgan fingerprint density at radius 1 is 1.07 bits per heavy atom. The normalized spacial score (nSPS) is 19.2. The molecule has 6 nitrogen and oxygen atoms in total. The molecule has 1 unspecified atom stereocenters. The van der Waals surface area contributed by atoms with Gasteiger partial charge in [0.1, 0.15) is 5.75 Å². The Balaban J connectivity index is 1.41. The zero-order valence-electron chi connectivity index (χ0n) is 16.1. The number of nitrogens with one attached hydrogen (secondary N) is 1. The van der Waals surface area contributed by atoms with Gasteiger partial charge in [-0.05, 0) is 49.2 Å². The molecule has 146 valence electrons. The van der Waals surface area contributed by atoms with Gasteiger partial charge >= 0.3 is 0 Å². The second kappa shape index (κ2) is 7.92. The van der Waals surface area contributed by atoms with Crippen LogP contribution >= 0.6 is 0 Å².